The van der Waals surface area contributed by atoms with E-state index in [1.54, 1.807) is 18.9 Å². The molecule has 3 heteroatoms. The highest BCUT2D eigenvalue weighted by Crippen LogP contribution is 2.28. The van der Waals surface area contributed by atoms with Gasteiger partial charge < -0.3 is 10.5 Å². The number of hydrogen-bond donors (Lipinski definition) is 1. The first-order valence-electron chi connectivity index (χ1n) is 5.40. The molecule has 0 aliphatic carbocycles. The molecule has 0 saturated carbocycles. The normalized spacial score (nSPS) is 10.2. The number of benzene rings is 2. The van der Waals surface area contributed by atoms with Crippen LogP contribution >= 0.6 is 11.8 Å². The van der Waals surface area contributed by atoms with Gasteiger partial charge in [-0.05, 0) is 29.8 Å². The molecule has 0 amide bonds. The van der Waals surface area contributed by atoms with Gasteiger partial charge in [-0.3, -0.25) is 0 Å². The Kier molecular flexibility index (Phi) is 3.94. The van der Waals surface area contributed by atoms with Crippen LogP contribution in [0.3, 0.4) is 0 Å². The Morgan fingerprint density at radius 3 is 2.41 bits per heavy atom. The van der Waals surface area contributed by atoms with Crippen LogP contribution in [-0.4, -0.2) is 7.11 Å². The summed E-state index contributed by atoms with van der Waals surface area (Å²) in [5.41, 5.74) is 7.99. The largest absolute Gasteiger partial charge is 0.497 e. The molecule has 0 aliphatic heterocycles. The number of nitrogen functional groups attached to an aromatic ring is 1. The van der Waals surface area contributed by atoms with Gasteiger partial charge in [0, 0.05) is 16.3 Å². The van der Waals surface area contributed by atoms with Gasteiger partial charge in [0.05, 0.1) is 7.11 Å². The number of methoxy groups -OCH3 is 1. The maximum absolute atomic E-state index is 5.89. The maximum atomic E-state index is 5.89. The maximum Gasteiger partial charge on any atom is 0.118 e. The third-order valence-electron chi connectivity index (χ3n) is 2.47. The van der Waals surface area contributed by atoms with Crippen molar-refractivity contribution < 1.29 is 4.74 Å². The van der Waals surface area contributed by atoms with Crippen molar-refractivity contribution in [3.63, 3.8) is 0 Å². The van der Waals surface area contributed by atoms with Crippen LogP contribution < -0.4 is 10.5 Å². The highest BCUT2D eigenvalue weighted by molar-refractivity contribution is 7.98. The van der Waals surface area contributed by atoms with E-state index >= 15 is 0 Å². The number of nitrogens with two attached hydrogens (primary N) is 1. The lowest BCUT2D eigenvalue weighted by atomic mass is 10.2. The average molecular weight is 245 g/mol. The quantitative estimate of drug-likeness (QED) is 0.660. The van der Waals surface area contributed by atoms with E-state index in [0.29, 0.717) is 0 Å². The van der Waals surface area contributed by atoms with Crippen molar-refractivity contribution in [2.75, 3.05) is 12.8 Å². The van der Waals surface area contributed by atoms with Gasteiger partial charge in [-0.2, -0.15) is 0 Å². The summed E-state index contributed by atoms with van der Waals surface area (Å²) < 4.78 is 5.12. The van der Waals surface area contributed by atoms with Crippen molar-refractivity contribution in [1.82, 2.24) is 0 Å². The van der Waals surface area contributed by atoms with Crippen molar-refractivity contribution in [3.05, 3.63) is 54.1 Å². The predicted molar refractivity (Wildman–Crippen MR) is 73.4 cm³/mol. The lowest BCUT2D eigenvalue weighted by molar-refractivity contribution is 0.414. The number of para-hydroxylation sites is 1. The number of thioether (sulfide) groups is 1. The second-order valence-electron chi connectivity index (χ2n) is 3.67. The lowest BCUT2D eigenvalue weighted by Crippen LogP contribution is -1.88. The van der Waals surface area contributed by atoms with Crippen LogP contribution in [0.2, 0.25) is 0 Å². The zero-order valence-corrected chi connectivity index (χ0v) is 10.5. The van der Waals surface area contributed by atoms with E-state index in [-0.39, 0.29) is 0 Å². The van der Waals surface area contributed by atoms with E-state index in [4.69, 9.17) is 10.5 Å². The van der Waals surface area contributed by atoms with Crippen LogP contribution in [0, 0.1) is 0 Å². The predicted octanol–water partition coefficient (Wildman–Crippen LogP) is 3.57. The van der Waals surface area contributed by atoms with E-state index in [9.17, 15) is 0 Å². The summed E-state index contributed by atoms with van der Waals surface area (Å²) in [6.45, 7) is 0. The average Bonchev–Trinajstić information content (AvgIpc) is 2.38. The van der Waals surface area contributed by atoms with Crippen LogP contribution in [0.1, 0.15) is 5.56 Å². The Hall–Kier alpha value is -1.61. The molecule has 0 saturated heterocycles. The van der Waals surface area contributed by atoms with Crippen molar-refractivity contribution >= 4 is 17.4 Å². The standard InChI is InChI=1S/C14H15NOS/c1-16-12-8-6-11(7-9-12)10-17-14-5-3-2-4-13(14)15/h2-9H,10,15H2,1H3. The molecule has 0 atom stereocenters. The van der Waals surface area contributed by atoms with Crippen LogP contribution in [0.4, 0.5) is 5.69 Å². The van der Waals surface area contributed by atoms with Gasteiger partial charge in [0.1, 0.15) is 5.75 Å². The Morgan fingerprint density at radius 2 is 1.76 bits per heavy atom. The van der Waals surface area contributed by atoms with E-state index < -0.39 is 0 Å². The van der Waals surface area contributed by atoms with Gasteiger partial charge in [0.2, 0.25) is 0 Å². The van der Waals surface area contributed by atoms with Gasteiger partial charge in [-0.25, -0.2) is 0 Å². The summed E-state index contributed by atoms with van der Waals surface area (Å²) in [7, 11) is 1.68. The van der Waals surface area contributed by atoms with E-state index in [1.807, 2.05) is 36.4 Å². The first-order chi connectivity index (χ1) is 8.29. The van der Waals surface area contributed by atoms with E-state index in [1.165, 1.54) is 5.56 Å². The van der Waals surface area contributed by atoms with Gasteiger partial charge in [-0.1, -0.05) is 24.3 Å². The molecule has 2 aromatic carbocycles. The van der Waals surface area contributed by atoms with Crippen LogP contribution in [0.15, 0.2) is 53.4 Å². The second kappa shape index (κ2) is 5.64. The van der Waals surface area contributed by atoms with Crippen LogP contribution in [-0.2, 0) is 5.75 Å². The first-order valence-corrected chi connectivity index (χ1v) is 6.38. The molecule has 2 nitrogen and oxygen atoms in total. The van der Waals surface area contributed by atoms with Crippen molar-refractivity contribution in [2.24, 2.45) is 0 Å². The number of rotatable bonds is 4. The molecular weight excluding hydrogens is 230 g/mol. The smallest absolute Gasteiger partial charge is 0.118 e. The SMILES string of the molecule is COc1ccc(CSc2ccccc2N)cc1. The fraction of sp³-hybridized carbons (Fsp3) is 0.143. The monoisotopic (exact) mass is 245 g/mol. The second-order valence-corrected chi connectivity index (χ2v) is 4.69. The van der Waals surface area contributed by atoms with E-state index in [0.717, 1.165) is 22.1 Å². The Morgan fingerprint density at radius 1 is 1.06 bits per heavy atom. The van der Waals surface area contributed by atoms with Gasteiger partial charge in [0.15, 0.2) is 0 Å². The Labute approximate surface area is 106 Å². The third kappa shape index (κ3) is 3.17. The highest BCUT2D eigenvalue weighted by Gasteiger charge is 2.00. The molecule has 88 valence electrons. The van der Waals surface area contributed by atoms with Gasteiger partial charge in [-0.15, -0.1) is 11.8 Å². The summed E-state index contributed by atoms with van der Waals surface area (Å²) in [6, 6.07) is 16.0. The van der Waals surface area contributed by atoms with E-state index in [2.05, 4.69) is 12.1 Å². The molecular formula is C14H15NOS. The summed E-state index contributed by atoms with van der Waals surface area (Å²) in [5, 5.41) is 0. The molecule has 2 N–H and O–H groups in total. The minimum absolute atomic E-state index is 0.839. The molecule has 0 aromatic heterocycles. The van der Waals surface area contributed by atoms with Crippen molar-refractivity contribution in [2.45, 2.75) is 10.6 Å². The van der Waals surface area contributed by atoms with Crippen molar-refractivity contribution in [3.8, 4) is 5.75 Å². The minimum atomic E-state index is 0.839. The highest BCUT2D eigenvalue weighted by atomic mass is 32.2. The molecule has 0 bridgehead atoms. The van der Waals surface area contributed by atoms with Crippen molar-refractivity contribution in [1.29, 1.82) is 0 Å². The molecule has 0 heterocycles. The number of hydrogen-bond acceptors (Lipinski definition) is 3. The third-order valence-corrected chi connectivity index (χ3v) is 3.63. The molecule has 0 spiro atoms. The van der Waals surface area contributed by atoms with Crippen LogP contribution in [0.25, 0.3) is 0 Å². The molecule has 0 radical (unpaired) electrons. The summed E-state index contributed by atoms with van der Waals surface area (Å²) in [5.74, 6) is 1.80. The number of anilines is 1. The zero-order chi connectivity index (χ0) is 12.1. The lowest BCUT2D eigenvalue weighted by Gasteiger charge is -2.05. The van der Waals surface area contributed by atoms with Crippen LogP contribution in [0.5, 0.6) is 5.75 Å². The minimum Gasteiger partial charge on any atom is -0.497 e. The van der Waals surface area contributed by atoms with Gasteiger partial charge >= 0.3 is 0 Å². The Balaban J connectivity index is 2.00. The Bertz CT molecular complexity index is 482. The summed E-state index contributed by atoms with van der Waals surface area (Å²) in [4.78, 5) is 1.13. The molecule has 0 fully saturated rings. The fourth-order valence-electron chi connectivity index (χ4n) is 1.49. The molecule has 2 rings (SSSR count). The molecule has 0 unspecified atom stereocenters. The topological polar surface area (TPSA) is 35.2 Å². The fourth-order valence-corrected chi connectivity index (χ4v) is 2.42. The molecule has 17 heavy (non-hydrogen) atoms. The molecule has 0 aliphatic rings. The summed E-state index contributed by atoms with van der Waals surface area (Å²) >= 11 is 1.75. The summed E-state index contributed by atoms with van der Waals surface area (Å²) in [6.07, 6.45) is 0. The molecule has 2 aromatic rings. The number of ether oxygens (including phenoxy) is 1. The zero-order valence-electron chi connectivity index (χ0n) is 9.72. The van der Waals surface area contributed by atoms with Gasteiger partial charge in [0.25, 0.3) is 0 Å². The first kappa shape index (κ1) is 11.9.